The van der Waals surface area contributed by atoms with Gasteiger partial charge in [0, 0.05) is 5.56 Å². The zero-order valence-electron chi connectivity index (χ0n) is 6.84. The van der Waals surface area contributed by atoms with Crippen LogP contribution < -0.4 is 0 Å². The molecule has 1 aromatic rings. The highest BCUT2D eigenvalue weighted by molar-refractivity contribution is 5.79. The lowest BCUT2D eigenvalue weighted by molar-refractivity contribution is 0.112. The molecule has 0 radical (unpaired) electrons. The molecule has 0 aromatic heterocycles. The number of fused-ring (bicyclic) bond motifs is 1. The van der Waals surface area contributed by atoms with Gasteiger partial charge in [0.1, 0.15) is 6.29 Å². The van der Waals surface area contributed by atoms with E-state index >= 15 is 0 Å². The van der Waals surface area contributed by atoms with E-state index in [2.05, 4.69) is 6.58 Å². The summed E-state index contributed by atoms with van der Waals surface area (Å²) >= 11 is 0. The van der Waals surface area contributed by atoms with Crippen LogP contribution >= 0.6 is 0 Å². The summed E-state index contributed by atoms with van der Waals surface area (Å²) in [6, 6.07) is 5.80. The molecule has 0 fully saturated rings. The molecule has 60 valence electrons. The van der Waals surface area contributed by atoms with E-state index in [0.29, 0.717) is 0 Å². The van der Waals surface area contributed by atoms with Crippen LogP contribution in [0.3, 0.4) is 0 Å². The monoisotopic (exact) mass is 158 g/mol. The smallest absolute Gasteiger partial charge is 0.150 e. The normalized spacial score (nSPS) is 14.5. The highest BCUT2D eigenvalue weighted by atomic mass is 16.1. The van der Waals surface area contributed by atoms with Gasteiger partial charge >= 0.3 is 0 Å². The third-order valence-electron chi connectivity index (χ3n) is 2.34. The van der Waals surface area contributed by atoms with E-state index in [0.717, 1.165) is 24.7 Å². The third kappa shape index (κ3) is 0.981. The van der Waals surface area contributed by atoms with Crippen molar-refractivity contribution in [3.05, 3.63) is 41.5 Å². The summed E-state index contributed by atoms with van der Waals surface area (Å²) in [5, 5.41) is 0. The third-order valence-corrected chi connectivity index (χ3v) is 2.34. The molecule has 0 unspecified atom stereocenters. The molecule has 0 atom stereocenters. The Kier molecular flexibility index (Phi) is 1.58. The molecule has 0 N–H and O–H groups in total. The van der Waals surface area contributed by atoms with E-state index < -0.39 is 0 Å². The molecule has 0 bridgehead atoms. The molecule has 12 heavy (non-hydrogen) atoms. The molecule has 1 aliphatic carbocycles. The Morgan fingerprint density at radius 3 is 2.92 bits per heavy atom. The van der Waals surface area contributed by atoms with Crippen molar-refractivity contribution in [3.8, 4) is 0 Å². The van der Waals surface area contributed by atoms with Gasteiger partial charge in [0.25, 0.3) is 0 Å². The van der Waals surface area contributed by atoms with Gasteiger partial charge in [0.05, 0.1) is 0 Å². The second-order valence-corrected chi connectivity index (χ2v) is 3.14. The van der Waals surface area contributed by atoms with Crippen LogP contribution in [0.25, 0.3) is 5.57 Å². The molecule has 0 aliphatic heterocycles. The maximum absolute atomic E-state index is 10.5. The highest BCUT2D eigenvalue weighted by Crippen LogP contribution is 2.30. The average molecular weight is 158 g/mol. The lowest BCUT2D eigenvalue weighted by Gasteiger charge is -1.98. The zero-order chi connectivity index (χ0) is 8.55. The van der Waals surface area contributed by atoms with Crippen LogP contribution in [0, 0.1) is 0 Å². The molecular weight excluding hydrogens is 148 g/mol. The van der Waals surface area contributed by atoms with Gasteiger partial charge in [-0.1, -0.05) is 18.7 Å². The maximum Gasteiger partial charge on any atom is 0.150 e. The predicted octanol–water partition coefficient (Wildman–Crippen LogP) is 2.46. The number of hydrogen-bond acceptors (Lipinski definition) is 1. The minimum Gasteiger partial charge on any atom is -0.298 e. The Bertz CT molecular complexity index is 350. The number of aryl methyl sites for hydroxylation is 1. The Hall–Kier alpha value is -1.37. The number of carbonyl (C=O) groups excluding carboxylic acids is 1. The Morgan fingerprint density at radius 1 is 1.33 bits per heavy atom. The molecule has 2 rings (SSSR count). The molecule has 0 amide bonds. The van der Waals surface area contributed by atoms with Crippen molar-refractivity contribution in [1.82, 2.24) is 0 Å². The van der Waals surface area contributed by atoms with Gasteiger partial charge in [0.2, 0.25) is 0 Å². The Labute approximate surface area is 71.7 Å². The maximum atomic E-state index is 10.5. The average Bonchev–Trinajstić information content (AvgIpc) is 2.47. The van der Waals surface area contributed by atoms with Crippen molar-refractivity contribution in [2.24, 2.45) is 0 Å². The van der Waals surface area contributed by atoms with Crippen molar-refractivity contribution in [2.75, 3.05) is 0 Å². The first kappa shape index (κ1) is 7.29. The number of benzene rings is 1. The van der Waals surface area contributed by atoms with Crippen molar-refractivity contribution >= 4 is 11.9 Å². The molecule has 1 heteroatoms. The fourth-order valence-corrected chi connectivity index (χ4v) is 1.66. The van der Waals surface area contributed by atoms with Crippen molar-refractivity contribution < 1.29 is 4.79 Å². The Balaban J connectivity index is 2.55. The van der Waals surface area contributed by atoms with Crippen LogP contribution in [0.5, 0.6) is 0 Å². The van der Waals surface area contributed by atoms with Crippen molar-refractivity contribution in [2.45, 2.75) is 12.8 Å². The van der Waals surface area contributed by atoms with Crippen molar-refractivity contribution in [1.29, 1.82) is 0 Å². The molecule has 1 aromatic carbocycles. The van der Waals surface area contributed by atoms with E-state index in [9.17, 15) is 4.79 Å². The summed E-state index contributed by atoms with van der Waals surface area (Å²) in [5.41, 5.74) is 4.47. The quantitative estimate of drug-likeness (QED) is 0.574. The number of carbonyl (C=O) groups is 1. The van der Waals surface area contributed by atoms with Crippen LogP contribution in [-0.4, -0.2) is 6.29 Å². The standard InChI is InChI=1S/C11H10O/c1-8-2-4-10-6-9(7-12)3-5-11(8)10/h3,5-7H,1-2,4H2. The van der Waals surface area contributed by atoms with Gasteiger partial charge < -0.3 is 0 Å². The SMILES string of the molecule is C=C1CCc2cc(C=O)ccc21. The van der Waals surface area contributed by atoms with Gasteiger partial charge in [-0.2, -0.15) is 0 Å². The van der Waals surface area contributed by atoms with Gasteiger partial charge in [-0.25, -0.2) is 0 Å². The number of aldehydes is 1. The van der Waals surface area contributed by atoms with E-state index in [1.807, 2.05) is 18.2 Å². The van der Waals surface area contributed by atoms with E-state index in [1.54, 1.807) is 0 Å². The number of hydrogen-bond donors (Lipinski definition) is 0. The first-order valence-corrected chi connectivity index (χ1v) is 4.07. The second kappa shape index (κ2) is 2.59. The molecule has 0 heterocycles. The van der Waals surface area contributed by atoms with Crippen LogP contribution in [0.4, 0.5) is 0 Å². The number of allylic oxidation sites excluding steroid dienone is 1. The fourth-order valence-electron chi connectivity index (χ4n) is 1.66. The van der Waals surface area contributed by atoms with E-state index in [-0.39, 0.29) is 0 Å². The van der Waals surface area contributed by atoms with E-state index in [4.69, 9.17) is 0 Å². The first-order valence-electron chi connectivity index (χ1n) is 4.07. The summed E-state index contributed by atoms with van der Waals surface area (Å²) < 4.78 is 0. The molecular formula is C11H10O. The molecule has 0 spiro atoms. The van der Waals surface area contributed by atoms with Crippen LogP contribution in [0.15, 0.2) is 24.8 Å². The lowest BCUT2D eigenvalue weighted by atomic mass is 10.1. The molecule has 0 saturated heterocycles. The minimum atomic E-state index is 0.767. The molecule has 1 aliphatic rings. The summed E-state index contributed by atoms with van der Waals surface area (Å²) in [7, 11) is 0. The van der Waals surface area contributed by atoms with Gasteiger partial charge in [-0.05, 0) is 35.6 Å². The first-order chi connectivity index (χ1) is 5.81. The summed E-state index contributed by atoms with van der Waals surface area (Å²) in [5.74, 6) is 0. The largest absolute Gasteiger partial charge is 0.298 e. The van der Waals surface area contributed by atoms with Crippen molar-refractivity contribution in [3.63, 3.8) is 0 Å². The van der Waals surface area contributed by atoms with Crippen LogP contribution in [-0.2, 0) is 6.42 Å². The van der Waals surface area contributed by atoms with Gasteiger partial charge in [-0.15, -0.1) is 0 Å². The molecule has 1 nitrogen and oxygen atoms in total. The summed E-state index contributed by atoms with van der Waals surface area (Å²) in [6.45, 7) is 3.96. The Morgan fingerprint density at radius 2 is 2.17 bits per heavy atom. The summed E-state index contributed by atoms with van der Waals surface area (Å²) in [4.78, 5) is 10.5. The fraction of sp³-hybridized carbons (Fsp3) is 0.182. The van der Waals surface area contributed by atoms with Crippen LogP contribution in [0.2, 0.25) is 0 Å². The summed E-state index contributed by atoms with van der Waals surface area (Å²) in [6.07, 6.45) is 2.97. The topological polar surface area (TPSA) is 17.1 Å². The zero-order valence-corrected chi connectivity index (χ0v) is 6.84. The van der Waals surface area contributed by atoms with E-state index in [1.165, 1.54) is 16.7 Å². The molecule has 0 saturated carbocycles. The second-order valence-electron chi connectivity index (χ2n) is 3.14. The number of rotatable bonds is 1. The predicted molar refractivity (Wildman–Crippen MR) is 49.2 cm³/mol. The van der Waals surface area contributed by atoms with Gasteiger partial charge in [-0.3, -0.25) is 4.79 Å². The van der Waals surface area contributed by atoms with Crippen LogP contribution in [0.1, 0.15) is 27.9 Å². The lowest BCUT2D eigenvalue weighted by Crippen LogP contribution is -1.85. The van der Waals surface area contributed by atoms with Gasteiger partial charge in [0.15, 0.2) is 0 Å². The highest BCUT2D eigenvalue weighted by Gasteiger charge is 2.13. The minimum absolute atomic E-state index is 0.767.